The summed E-state index contributed by atoms with van der Waals surface area (Å²) < 4.78 is 32.7. The summed E-state index contributed by atoms with van der Waals surface area (Å²) in [6.45, 7) is 0.117. The third-order valence-corrected chi connectivity index (χ3v) is 8.57. The number of carboxylic acid groups (broad SMARTS) is 1. The highest BCUT2D eigenvalue weighted by Crippen LogP contribution is 2.45. The molecule has 0 aromatic heterocycles. The molecule has 2 fully saturated rings. The minimum Gasteiger partial charge on any atom is -0.506 e. The number of aliphatic hydroxyl groups excluding tert-OH is 6. The first kappa shape index (κ1) is 36.6. The number of rotatable bonds is 10. The first-order valence-electron chi connectivity index (χ1n) is 15.2. The van der Waals surface area contributed by atoms with Gasteiger partial charge in [-0.1, -0.05) is 0 Å². The summed E-state index contributed by atoms with van der Waals surface area (Å²) in [5.41, 5.74) is -0.960. The molecule has 49 heavy (non-hydrogen) atoms. The van der Waals surface area contributed by atoms with Crippen molar-refractivity contribution < 1.29 is 88.8 Å². The lowest BCUT2D eigenvalue weighted by atomic mass is 9.79. The average Bonchev–Trinajstić information content (AvgIpc) is 3.02. The van der Waals surface area contributed by atoms with Crippen LogP contribution in [0.25, 0.3) is 10.8 Å². The molecule has 18 nitrogen and oxygen atoms in total. The van der Waals surface area contributed by atoms with Crippen LogP contribution in [0.15, 0.2) is 18.2 Å². The van der Waals surface area contributed by atoms with E-state index in [4.69, 9.17) is 33.5 Å². The zero-order valence-electron chi connectivity index (χ0n) is 26.2. The van der Waals surface area contributed by atoms with Crippen LogP contribution < -0.4 is 9.47 Å². The second-order valence-electron chi connectivity index (χ2n) is 12.5. The molecule has 5 rings (SSSR count). The molecule has 2 saturated heterocycles. The maximum atomic E-state index is 12.9. The number of aromatic hydroxyl groups is 1. The van der Waals surface area contributed by atoms with Crippen LogP contribution in [0, 0.1) is 0 Å². The van der Waals surface area contributed by atoms with Gasteiger partial charge in [-0.3, -0.25) is 14.4 Å². The molecular formula is C31H38O18. The summed E-state index contributed by atoms with van der Waals surface area (Å²) in [5, 5.41) is 94.0. The number of carbonyl (C=O) groups is 3. The van der Waals surface area contributed by atoms with Crippen LogP contribution >= 0.6 is 0 Å². The molecule has 0 radical (unpaired) electrons. The molecule has 2 heterocycles. The monoisotopic (exact) mass is 698 g/mol. The molecule has 2 aromatic rings. The smallest absolute Gasteiger partial charge is 0.317 e. The van der Waals surface area contributed by atoms with E-state index in [1.54, 1.807) is 12.1 Å². The number of Topliss-reactive ketones (excluding diaryl/α,β-unsaturated/α-hetero) is 1. The number of hydrogen-bond acceptors (Lipinski definition) is 17. The summed E-state index contributed by atoms with van der Waals surface area (Å²) in [5.74, 6) is -3.50. The second kappa shape index (κ2) is 14.3. The highest BCUT2D eigenvalue weighted by molar-refractivity contribution is 6.09. The third-order valence-electron chi connectivity index (χ3n) is 8.57. The quantitative estimate of drug-likeness (QED) is 0.0912. The lowest BCUT2D eigenvalue weighted by Gasteiger charge is -2.42. The maximum absolute atomic E-state index is 12.9. The van der Waals surface area contributed by atoms with Gasteiger partial charge >= 0.3 is 11.9 Å². The zero-order chi connectivity index (χ0) is 35.9. The Morgan fingerprint density at radius 2 is 1.49 bits per heavy atom. The normalized spacial score (nSPS) is 34.7. The number of hydrogen-bond donors (Lipinski definition) is 9. The molecule has 0 saturated carbocycles. The number of carbonyl (C=O) groups excluding carboxylic acids is 2. The number of benzene rings is 2. The molecule has 9 N–H and O–H groups in total. The Kier molecular flexibility index (Phi) is 10.7. The molecule has 2 aliphatic heterocycles. The van der Waals surface area contributed by atoms with Crippen LogP contribution in [0.5, 0.6) is 17.2 Å². The Morgan fingerprint density at radius 1 is 0.878 bits per heavy atom. The van der Waals surface area contributed by atoms with Crippen LogP contribution in [0.2, 0.25) is 0 Å². The molecule has 0 bridgehead atoms. The molecule has 18 heteroatoms. The van der Waals surface area contributed by atoms with E-state index in [0.29, 0.717) is 10.9 Å². The highest BCUT2D eigenvalue weighted by atomic mass is 16.7. The molecule has 0 spiro atoms. The third kappa shape index (κ3) is 7.58. The number of aliphatic carboxylic acids is 1. The lowest BCUT2D eigenvalue weighted by Crippen LogP contribution is -2.62. The molecule has 11 unspecified atom stereocenters. The minimum absolute atomic E-state index is 0.0193. The van der Waals surface area contributed by atoms with E-state index in [0.717, 1.165) is 0 Å². The predicted octanol–water partition coefficient (Wildman–Crippen LogP) is -2.54. The van der Waals surface area contributed by atoms with Crippen LogP contribution in [0.1, 0.15) is 35.7 Å². The fraction of sp³-hybridized carbons (Fsp3) is 0.581. The van der Waals surface area contributed by atoms with E-state index in [1.165, 1.54) is 20.1 Å². The number of ketones is 1. The SMILES string of the molecule is COc1cc(OC2OC(COC3OC(COC(=O)CC(=O)O)C(O)C(O)C3O)C(O)C(O)C2O)c2c(O)c3c(cc2c1)CC(C)(O)CC3=O. The van der Waals surface area contributed by atoms with Crippen LogP contribution in [-0.2, 0) is 35.0 Å². The zero-order valence-corrected chi connectivity index (χ0v) is 26.2. The van der Waals surface area contributed by atoms with E-state index >= 15 is 0 Å². The van der Waals surface area contributed by atoms with Crippen molar-refractivity contribution >= 4 is 28.5 Å². The molecule has 270 valence electrons. The summed E-state index contributed by atoms with van der Waals surface area (Å²) >= 11 is 0. The Labute approximate surface area is 277 Å². The number of ether oxygens (including phenoxy) is 6. The van der Waals surface area contributed by atoms with E-state index in [9.17, 15) is 55.2 Å². The largest absolute Gasteiger partial charge is 0.506 e. The average molecular weight is 699 g/mol. The van der Waals surface area contributed by atoms with Gasteiger partial charge in [0.2, 0.25) is 6.29 Å². The topological polar surface area (TPSA) is 289 Å². The van der Waals surface area contributed by atoms with Gasteiger partial charge in [-0.15, -0.1) is 0 Å². The van der Waals surface area contributed by atoms with E-state index in [-0.39, 0.29) is 35.3 Å². The number of fused-ring (bicyclic) bond motifs is 2. The first-order chi connectivity index (χ1) is 23.0. The minimum atomic E-state index is -1.89. The number of carboxylic acids is 1. The van der Waals surface area contributed by atoms with Crippen molar-refractivity contribution in [3.63, 3.8) is 0 Å². The standard InChI is InChI=1S/C31H38O18/c1-31(43)7-12-3-11-4-13(44-2)5-15(21(11)24(38)20(12)14(32)8-31)47-30-28(42)26(40)23(37)17(49-30)10-46-29-27(41)25(39)22(36)16(48-29)9-45-19(35)6-18(33)34/h3-5,16-17,22-23,25-30,36-43H,6-10H2,1-2H3,(H,33,34). The van der Waals surface area contributed by atoms with Crippen LogP contribution in [0.3, 0.4) is 0 Å². The van der Waals surface area contributed by atoms with Gasteiger partial charge < -0.3 is 74.4 Å². The lowest BCUT2D eigenvalue weighted by molar-refractivity contribution is -0.323. The van der Waals surface area contributed by atoms with Gasteiger partial charge in [-0.2, -0.15) is 0 Å². The number of aliphatic hydroxyl groups is 7. The van der Waals surface area contributed by atoms with Gasteiger partial charge in [0.25, 0.3) is 0 Å². The fourth-order valence-electron chi connectivity index (χ4n) is 6.09. The summed E-state index contributed by atoms with van der Waals surface area (Å²) in [7, 11) is 1.36. The number of phenols is 1. The van der Waals surface area contributed by atoms with Crippen molar-refractivity contribution in [2.75, 3.05) is 20.3 Å². The highest BCUT2D eigenvalue weighted by Gasteiger charge is 2.48. The predicted molar refractivity (Wildman–Crippen MR) is 159 cm³/mol. The Hall–Kier alpha value is -3.69. The summed E-state index contributed by atoms with van der Waals surface area (Å²) in [6, 6.07) is 4.46. The van der Waals surface area contributed by atoms with Crippen molar-refractivity contribution in [1.82, 2.24) is 0 Å². The molecule has 11 atom stereocenters. The number of esters is 1. The van der Waals surface area contributed by atoms with E-state index in [1.807, 2.05) is 0 Å². The summed E-state index contributed by atoms with van der Waals surface area (Å²) in [6.07, 6.45) is -18.6. The maximum Gasteiger partial charge on any atom is 0.317 e. The van der Waals surface area contributed by atoms with Gasteiger partial charge in [0.15, 0.2) is 12.1 Å². The van der Waals surface area contributed by atoms with Crippen molar-refractivity contribution in [3.05, 3.63) is 29.3 Å². The Balaban J connectivity index is 1.35. The van der Waals surface area contributed by atoms with Crippen LogP contribution in [0.4, 0.5) is 0 Å². The summed E-state index contributed by atoms with van der Waals surface area (Å²) in [4.78, 5) is 35.2. The second-order valence-corrected chi connectivity index (χ2v) is 12.5. The molecular weight excluding hydrogens is 660 g/mol. The Morgan fingerprint density at radius 3 is 2.12 bits per heavy atom. The van der Waals surface area contributed by atoms with Crippen molar-refractivity contribution in [2.45, 2.75) is 93.2 Å². The van der Waals surface area contributed by atoms with Crippen molar-refractivity contribution in [1.29, 1.82) is 0 Å². The van der Waals surface area contributed by atoms with Gasteiger partial charge in [0, 0.05) is 18.9 Å². The van der Waals surface area contributed by atoms with Crippen LogP contribution in [-0.4, -0.2) is 151 Å². The number of phenolic OH excluding ortho intramolecular Hbond substituents is 1. The van der Waals surface area contributed by atoms with Gasteiger partial charge in [-0.25, -0.2) is 0 Å². The van der Waals surface area contributed by atoms with Gasteiger partial charge in [0.1, 0.15) is 79.1 Å². The molecule has 3 aliphatic rings. The number of methoxy groups -OCH3 is 1. The van der Waals surface area contributed by atoms with Crippen molar-refractivity contribution in [2.24, 2.45) is 0 Å². The van der Waals surface area contributed by atoms with Crippen molar-refractivity contribution in [3.8, 4) is 17.2 Å². The van der Waals surface area contributed by atoms with E-state index < -0.39 is 110 Å². The van der Waals surface area contributed by atoms with Gasteiger partial charge in [0.05, 0.1) is 30.3 Å². The molecule has 2 aromatic carbocycles. The Bertz CT molecular complexity index is 1580. The fourth-order valence-corrected chi connectivity index (χ4v) is 6.09. The molecule has 0 amide bonds. The molecule has 1 aliphatic carbocycles. The first-order valence-corrected chi connectivity index (χ1v) is 15.2. The van der Waals surface area contributed by atoms with E-state index in [2.05, 4.69) is 0 Å². The van der Waals surface area contributed by atoms with Gasteiger partial charge in [-0.05, 0) is 30.0 Å².